The van der Waals surface area contributed by atoms with Crippen LogP contribution in [0.1, 0.15) is 11.1 Å². The minimum absolute atomic E-state index is 1.12. The third-order valence-corrected chi connectivity index (χ3v) is 1.26. The van der Waals surface area contributed by atoms with Crippen LogP contribution in [0.5, 0.6) is 0 Å². The zero-order valence-electron chi connectivity index (χ0n) is 5.02. The van der Waals surface area contributed by atoms with Crippen molar-refractivity contribution in [1.82, 2.24) is 0 Å². The van der Waals surface area contributed by atoms with Gasteiger partial charge in [0.05, 0.1) is 0 Å². The minimum Gasteiger partial charge on any atom is -0.198 e. The predicted molar refractivity (Wildman–Crippen MR) is 35.6 cm³/mol. The number of aryl methyl sites for hydroxylation is 1. The van der Waals surface area contributed by atoms with Gasteiger partial charge in [0.15, 0.2) is 0 Å². The van der Waals surface area contributed by atoms with Crippen LogP contribution in [0.25, 0.3) is 0 Å². The van der Waals surface area contributed by atoms with E-state index in [-0.39, 0.29) is 0 Å². The van der Waals surface area contributed by atoms with Crippen LogP contribution in [0.4, 0.5) is 0 Å². The van der Waals surface area contributed by atoms with Crippen molar-refractivity contribution < 1.29 is 0 Å². The normalized spacial score (nSPS) is 9.12. The summed E-state index contributed by atoms with van der Waals surface area (Å²) in [6.07, 6.45) is 0. The molecule has 0 aliphatic carbocycles. The van der Waals surface area contributed by atoms with Crippen molar-refractivity contribution in [3.63, 3.8) is 0 Å². The summed E-state index contributed by atoms with van der Waals surface area (Å²) in [4.78, 5) is 0. The molecule has 1 aromatic rings. The fourth-order valence-electron chi connectivity index (χ4n) is 0.610. The van der Waals surface area contributed by atoms with Crippen LogP contribution >= 0.6 is 0 Å². The summed E-state index contributed by atoms with van der Waals surface area (Å²) in [5, 5.41) is 0. The van der Waals surface area contributed by atoms with E-state index >= 15 is 0 Å². The Morgan fingerprint density at radius 1 is 1.25 bits per heavy atom. The molecule has 0 aromatic heterocycles. The topological polar surface area (TPSA) is 0 Å². The molecule has 1 rings (SSSR count). The van der Waals surface area contributed by atoms with Gasteiger partial charge in [-0.1, -0.05) is 13.0 Å². The van der Waals surface area contributed by atoms with Gasteiger partial charge in [0.2, 0.25) is 0 Å². The highest BCUT2D eigenvalue weighted by atomic mass is 13.9. The lowest BCUT2D eigenvalue weighted by molar-refractivity contribution is 1.42. The van der Waals surface area contributed by atoms with Gasteiger partial charge >= 0.3 is 0 Å². The highest BCUT2D eigenvalue weighted by Gasteiger charge is 1.73. The fraction of sp³-hybridized carbons (Fsp3) is 0.125. The summed E-state index contributed by atoms with van der Waals surface area (Å²) in [7, 11) is 0. The highest BCUT2D eigenvalue weighted by Crippen LogP contribution is 2.02. The monoisotopic (exact) mass is 105 g/mol. The first kappa shape index (κ1) is 5.23. The molecule has 0 N–H and O–H groups in total. The molecule has 0 atom stereocenters. The van der Waals surface area contributed by atoms with Gasteiger partial charge in [-0.25, -0.2) is 0 Å². The van der Waals surface area contributed by atoms with E-state index in [1.165, 1.54) is 5.56 Å². The quantitative estimate of drug-likeness (QED) is 0.443. The summed E-state index contributed by atoms with van der Waals surface area (Å²) >= 11 is 0. The van der Waals surface area contributed by atoms with Gasteiger partial charge in [0.1, 0.15) is 0 Å². The molecule has 0 unspecified atom stereocenters. The second-order valence-corrected chi connectivity index (χ2v) is 1.93. The third-order valence-electron chi connectivity index (χ3n) is 1.26. The van der Waals surface area contributed by atoms with E-state index in [0.717, 1.165) is 5.56 Å². The third kappa shape index (κ3) is 0.836. The van der Waals surface area contributed by atoms with E-state index in [9.17, 15) is 0 Å². The van der Waals surface area contributed by atoms with E-state index in [1.54, 1.807) is 0 Å². The Labute approximate surface area is 50.2 Å². The number of rotatable bonds is 0. The molecule has 0 heterocycles. The van der Waals surface area contributed by atoms with Gasteiger partial charge in [0.25, 0.3) is 0 Å². The fourth-order valence-corrected chi connectivity index (χ4v) is 0.610. The first-order valence-electron chi connectivity index (χ1n) is 2.68. The number of hydrogen-bond donors (Lipinski definition) is 0. The van der Waals surface area contributed by atoms with Gasteiger partial charge in [-0.2, -0.15) is 24.1 Å². The van der Waals surface area contributed by atoms with Crippen LogP contribution in [0.2, 0.25) is 0 Å². The van der Waals surface area contributed by atoms with Crippen LogP contribution in [0, 0.1) is 13.8 Å². The molecule has 0 heteroatoms. The van der Waals surface area contributed by atoms with Gasteiger partial charge in [0, 0.05) is 0 Å². The standard InChI is InChI=1S/C8H9/c1-7-5-3-4-6-8(7)2/h3-6H,1H2,2H3/q-1. The van der Waals surface area contributed by atoms with E-state index in [1.807, 2.05) is 18.2 Å². The summed E-state index contributed by atoms with van der Waals surface area (Å²) in [5.74, 6) is 0. The van der Waals surface area contributed by atoms with Crippen LogP contribution in [0.3, 0.4) is 0 Å². The molecule has 42 valence electrons. The molecule has 0 saturated carbocycles. The van der Waals surface area contributed by atoms with Crippen molar-refractivity contribution in [2.24, 2.45) is 0 Å². The maximum atomic E-state index is 3.82. The Kier molecular flexibility index (Phi) is 1.25. The molecule has 0 aliphatic heterocycles. The maximum absolute atomic E-state index is 3.82. The van der Waals surface area contributed by atoms with Crippen LogP contribution in [-0.4, -0.2) is 0 Å². The van der Waals surface area contributed by atoms with Crippen LogP contribution in [-0.2, 0) is 0 Å². The van der Waals surface area contributed by atoms with Gasteiger partial charge in [-0.15, -0.1) is 12.1 Å². The zero-order valence-corrected chi connectivity index (χ0v) is 5.02. The van der Waals surface area contributed by atoms with E-state index in [2.05, 4.69) is 19.9 Å². The zero-order chi connectivity index (χ0) is 5.98. The van der Waals surface area contributed by atoms with E-state index in [4.69, 9.17) is 0 Å². The lowest BCUT2D eigenvalue weighted by Crippen LogP contribution is -1.74. The Morgan fingerprint density at radius 2 is 1.88 bits per heavy atom. The lowest BCUT2D eigenvalue weighted by atomic mass is 10.1. The van der Waals surface area contributed by atoms with Gasteiger partial charge < -0.3 is 0 Å². The Balaban J connectivity index is 3.13. The lowest BCUT2D eigenvalue weighted by Gasteiger charge is -2.03. The van der Waals surface area contributed by atoms with Crippen molar-refractivity contribution in [2.45, 2.75) is 6.92 Å². The van der Waals surface area contributed by atoms with Crippen LogP contribution < -0.4 is 0 Å². The first-order valence-corrected chi connectivity index (χ1v) is 2.68. The average molecular weight is 105 g/mol. The van der Waals surface area contributed by atoms with Crippen molar-refractivity contribution in [2.75, 3.05) is 0 Å². The van der Waals surface area contributed by atoms with Gasteiger partial charge in [-0.05, 0) is 0 Å². The summed E-state index contributed by atoms with van der Waals surface area (Å²) in [5.41, 5.74) is 2.38. The van der Waals surface area contributed by atoms with Crippen molar-refractivity contribution in [3.05, 3.63) is 42.3 Å². The number of hydrogen-bond acceptors (Lipinski definition) is 0. The van der Waals surface area contributed by atoms with Gasteiger partial charge in [-0.3, -0.25) is 0 Å². The molecule has 1 aromatic carbocycles. The highest BCUT2D eigenvalue weighted by molar-refractivity contribution is 5.27. The Bertz CT molecular complexity index is 156. The second-order valence-electron chi connectivity index (χ2n) is 1.93. The molecule has 0 spiro atoms. The largest absolute Gasteiger partial charge is 0.198 e. The molecular weight excluding hydrogens is 96.1 g/mol. The summed E-state index contributed by atoms with van der Waals surface area (Å²) in [6.45, 7) is 5.88. The summed E-state index contributed by atoms with van der Waals surface area (Å²) < 4.78 is 0. The SMILES string of the molecule is [CH2-]c1ccccc1C. The molecule has 0 amide bonds. The molecule has 0 saturated heterocycles. The van der Waals surface area contributed by atoms with Crippen molar-refractivity contribution >= 4 is 0 Å². The molecule has 0 bridgehead atoms. The van der Waals surface area contributed by atoms with Crippen molar-refractivity contribution in [1.29, 1.82) is 0 Å². The van der Waals surface area contributed by atoms with Crippen molar-refractivity contribution in [3.8, 4) is 0 Å². The first-order chi connectivity index (χ1) is 3.80. The van der Waals surface area contributed by atoms with Crippen LogP contribution in [0.15, 0.2) is 24.3 Å². The molecule has 0 fully saturated rings. The molecule has 8 heavy (non-hydrogen) atoms. The van der Waals surface area contributed by atoms with E-state index in [0.29, 0.717) is 0 Å². The smallest absolute Gasteiger partial charge is 0.0854 e. The summed E-state index contributed by atoms with van der Waals surface area (Å²) in [6, 6.07) is 8.08. The predicted octanol–water partition coefficient (Wildman–Crippen LogP) is 2.18. The average Bonchev–Trinajstić information content (AvgIpc) is 1.77. The molecule has 0 radical (unpaired) electrons. The molecule has 0 nitrogen and oxygen atoms in total. The number of benzene rings is 1. The van der Waals surface area contributed by atoms with E-state index < -0.39 is 0 Å². The Morgan fingerprint density at radius 3 is 2.25 bits per heavy atom. The Hall–Kier alpha value is -0.910. The molecular formula is C8H9-. The molecule has 0 aliphatic rings. The maximum Gasteiger partial charge on any atom is -0.0854 e. The second kappa shape index (κ2) is 1.91. The minimum atomic E-state index is 1.12.